The van der Waals surface area contributed by atoms with Gasteiger partial charge in [-0.3, -0.25) is 4.98 Å². The van der Waals surface area contributed by atoms with Crippen LogP contribution in [0.5, 0.6) is 5.75 Å². The van der Waals surface area contributed by atoms with Gasteiger partial charge in [0.05, 0.1) is 13.3 Å². The van der Waals surface area contributed by atoms with E-state index in [0.29, 0.717) is 22.6 Å². The number of nitrogens with two attached hydrogens (primary N) is 1. The van der Waals surface area contributed by atoms with Crippen molar-refractivity contribution in [1.82, 2.24) is 4.98 Å². The average Bonchev–Trinajstić information content (AvgIpc) is 2.32. The SMILES string of the molecule is COc1cncc(-c2cc(N)ccc2F)c1. The molecule has 2 rings (SSSR count). The number of hydrogen-bond acceptors (Lipinski definition) is 3. The number of hydrogen-bond donors (Lipinski definition) is 1. The number of pyridine rings is 1. The molecule has 1 aromatic heterocycles. The minimum atomic E-state index is -0.329. The molecule has 0 aliphatic carbocycles. The third-order valence-corrected chi connectivity index (χ3v) is 2.25. The third-order valence-electron chi connectivity index (χ3n) is 2.25. The lowest BCUT2D eigenvalue weighted by atomic mass is 10.1. The second kappa shape index (κ2) is 4.18. The lowest BCUT2D eigenvalue weighted by Gasteiger charge is -2.06. The van der Waals surface area contributed by atoms with Crippen molar-refractivity contribution >= 4 is 5.69 Å². The fraction of sp³-hybridized carbons (Fsp3) is 0.0833. The maximum atomic E-state index is 13.6. The van der Waals surface area contributed by atoms with Crippen LogP contribution in [-0.2, 0) is 0 Å². The highest BCUT2D eigenvalue weighted by atomic mass is 19.1. The predicted octanol–water partition coefficient (Wildman–Crippen LogP) is 2.48. The molecule has 1 heterocycles. The molecule has 0 saturated carbocycles. The van der Waals surface area contributed by atoms with E-state index in [4.69, 9.17) is 10.5 Å². The largest absolute Gasteiger partial charge is 0.495 e. The van der Waals surface area contributed by atoms with Gasteiger partial charge in [-0.05, 0) is 24.3 Å². The summed E-state index contributed by atoms with van der Waals surface area (Å²) in [5.41, 5.74) is 7.20. The van der Waals surface area contributed by atoms with Gasteiger partial charge in [0.25, 0.3) is 0 Å². The molecule has 0 atom stereocenters. The van der Waals surface area contributed by atoms with E-state index in [1.807, 2.05) is 0 Å². The molecule has 2 N–H and O–H groups in total. The van der Waals surface area contributed by atoms with Gasteiger partial charge in [0.1, 0.15) is 11.6 Å². The van der Waals surface area contributed by atoms with E-state index in [1.54, 1.807) is 24.5 Å². The molecular formula is C12H11FN2O. The Hall–Kier alpha value is -2.10. The highest BCUT2D eigenvalue weighted by Gasteiger charge is 2.06. The number of halogens is 1. The molecule has 3 nitrogen and oxygen atoms in total. The van der Waals surface area contributed by atoms with E-state index in [1.165, 1.54) is 19.2 Å². The Balaban J connectivity index is 2.53. The van der Waals surface area contributed by atoms with Gasteiger partial charge in [0.15, 0.2) is 0 Å². The van der Waals surface area contributed by atoms with Crippen LogP contribution in [0.3, 0.4) is 0 Å². The molecule has 0 saturated heterocycles. The zero-order chi connectivity index (χ0) is 11.5. The summed E-state index contributed by atoms with van der Waals surface area (Å²) >= 11 is 0. The van der Waals surface area contributed by atoms with Gasteiger partial charge in [-0.2, -0.15) is 0 Å². The lowest BCUT2D eigenvalue weighted by Crippen LogP contribution is -1.91. The molecule has 16 heavy (non-hydrogen) atoms. The van der Waals surface area contributed by atoms with E-state index in [0.717, 1.165) is 0 Å². The predicted molar refractivity (Wildman–Crippen MR) is 60.6 cm³/mol. The van der Waals surface area contributed by atoms with Crippen molar-refractivity contribution in [3.63, 3.8) is 0 Å². The molecule has 0 fully saturated rings. The Labute approximate surface area is 92.7 Å². The summed E-state index contributed by atoms with van der Waals surface area (Å²) in [5, 5.41) is 0. The van der Waals surface area contributed by atoms with E-state index in [9.17, 15) is 4.39 Å². The summed E-state index contributed by atoms with van der Waals surface area (Å²) in [7, 11) is 1.54. The van der Waals surface area contributed by atoms with Crippen LogP contribution >= 0.6 is 0 Å². The van der Waals surface area contributed by atoms with Crippen molar-refractivity contribution < 1.29 is 9.13 Å². The Morgan fingerprint density at radius 2 is 2.06 bits per heavy atom. The molecule has 0 aliphatic rings. The Bertz CT molecular complexity index is 514. The first-order valence-electron chi connectivity index (χ1n) is 4.75. The molecule has 0 amide bonds. The molecule has 0 aliphatic heterocycles. The van der Waals surface area contributed by atoms with Crippen molar-refractivity contribution in [3.8, 4) is 16.9 Å². The minimum Gasteiger partial charge on any atom is -0.495 e. The fourth-order valence-electron chi connectivity index (χ4n) is 1.44. The van der Waals surface area contributed by atoms with Crippen LogP contribution in [0.15, 0.2) is 36.7 Å². The second-order valence-corrected chi connectivity index (χ2v) is 3.35. The Morgan fingerprint density at radius 3 is 2.81 bits per heavy atom. The Morgan fingerprint density at radius 1 is 1.25 bits per heavy atom. The maximum absolute atomic E-state index is 13.6. The molecule has 0 radical (unpaired) electrons. The number of anilines is 1. The van der Waals surface area contributed by atoms with Gasteiger partial charge in [0, 0.05) is 23.0 Å². The molecule has 2 aromatic rings. The first-order chi connectivity index (χ1) is 7.70. The number of nitrogens with zero attached hydrogens (tertiary/aromatic N) is 1. The monoisotopic (exact) mass is 218 g/mol. The minimum absolute atomic E-state index is 0.329. The highest BCUT2D eigenvalue weighted by Crippen LogP contribution is 2.26. The zero-order valence-electron chi connectivity index (χ0n) is 8.77. The topological polar surface area (TPSA) is 48.1 Å². The smallest absolute Gasteiger partial charge is 0.137 e. The van der Waals surface area contributed by atoms with Gasteiger partial charge < -0.3 is 10.5 Å². The number of benzene rings is 1. The summed E-state index contributed by atoms with van der Waals surface area (Å²) in [6, 6.07) is 6.15. The average molecular weight is 218 g/mol. The van der Waals surface area contributed by atoms with E-state index in [2.05, 4.69) is 4.98 Å². The van der Waals surface area contributed by atoms with Crippen LogP contribution in [0.1, 0.15) is 0 Å². The van der Waals surface area contributed by atoms with Crippen molar-refractivity contribution in [2.45, 2.75) is 0 Å². The number of ether oxygens (including phenoxy) is 1. The number of rotatable bonds is 2. The van der Waals surface area contributed by atoms with Crippen LogP contribution in [0, 0.1) is 5.82 Å². The quantitative estimate of drug-likeness (QED) is 0.788. The van der Waals surface area contributed by atoms with E-state index < -0.39 is 0 Å². The summed E-state index contributed by atoms with van der Waals surface area (Å²) in [5.74, 6) is 0.253. The van der Waals surface area contributed by atoms with E-state index >= 15 is 0 Å². The van der Waals surface area contributed by atoms with Crippen LogP contribution < -0.4 is 10.5 Å². The van der Waals surface area contributed by atoms with Crippen molar-refractivity contribution in [2.75, 3.05) is 12.8 Å². The third kappa shape index (κ3) is 1.95. The molecule has 0 spiro atoms. The summed E-state index contributed by atoms with van der Waals surface area (Å²) in [4.78, 5) is 3.97. The van der Waals surface area contributed by atoms with Crippen molar-refractivity contribution in [3.05, 3.63) is 42.5 Å². The molecular weight excluding hydrogens is 207 g/mol. The van der Waals surface area contributed by atoms with Crippen LogP contribution in [-0.4, -0.2) is 12.1 Å². The first kappa shape index (κ1) is 10.4. The second-order valence-electron chi connectivity index (χ2n) is 3.35. The van der Waals surface area contributed by atoms with Crippen LogP contribution in [0.2, 0.25) is 0 Å². The Kier molecular flexibility index (Phi) is 2.72. The van der Waals surface area contributed by atoms with Gasteiger partial charge >= 0.3 is 0 Å². The van der Waals surface area contributed by atoms with Gasteiger partial charge in [-0.25, -0.2) is 4.39 Å². The summed E-state index contributed by atoms with van der Waals surface area (Å²) in [6.45, 7) is 0. The molecule has 0 bridgehead atoms. The fourth-order valence-corrected chi connectivity index (χ4v) is 1.44. The van der Waals surface area contributed by atoms with Crippen LogP contribution in [0.4, 0.5) is 10.1 Å². The van der Waals surface area contributed by atoms with Gasteiger partial charge in [-0.1, -0.05) is 0 Å². The van der Waals surface area contributed by atoms with E-state index in [-0.39, 0.29) is 5.82 Å². The summed E-state index contributed by atoms with van der Waals surface area (Å²) < 4.78 is 18.6. The molecule has 82 valence electrons. The number of aromatic nitrogens is 1. The van der Waals surface area contributed by atoms with Gasteiger partial charge in [-0.15, -0.1) is 0 Å². The standard InChI is InChI=1S/C12H11FN2O/c1-16-10-4-8(6-15-7-10)11-5-9(14)2-3-12(11)13/h2-7H,14H2,1H3. The molecule has 4 heteroatoms. The first-order valence-corrected chi connectivity index (χ1v) is 4.75. The molecule has 0 unspecified atom stereocenters. The maximum Gasteiger partial charge on any atom is 0.137 e. The summed E-state index contributed by atoms with van der Waals surface area (Å²) in [6.07, 6.45) is 3.13. The lowest BCUT2D eigenvalue weighted by molar-refractivity contribution is 0.413. The number of methoxy groups -OCH3 is 1. The van der Waals surface area contributed by atoms with Crippen LogP contribution in [0.25, 0.3) is 11.1 Å². The molecule has 1 aromatic carbocycles. The van der Waals surface area contributed by atoms with Crippen molar-refractivity contribution in [1.29, 1.82) is 0 Å². The number of nitrogen functional groups attached to an aromatic ring is 1. The normalized spacial score (nSPS) is 10.1. The van der Waals surface area contributed by atoms with Gasteiger partial charge in [0.2, 0.25) is 0 Å². The van der Waals surface area contributed by atoms with Crippen molar-refractivity contribution in [2.24, 2.45) is 0 Å². The zero-order valence-corrected chi connectivity index (χ0v) is 8.77. The highest BCUT2D eigenvalue weighted by molar-refractivity contribution is 5.68.